The highest BCUT2D eigenvalue weighted by Gasteiger charge is 2.18. The highest BCUT2D eigenvalue weighted by atomic mass is 127. The van der Waals surface area contributed by atoms with E-state index in [4.69, 9.17) is 0 Å². The zero-order valence-corrected chi connectivity index (χ0v) is 18.8. The van der Waals surface area contributed by atoms with Crippen molar-refractivity contribution in [3.63, 3.8) is 0 Å². The van der Waals surface area contributed by atoms with E-state index in [1.54, 1.807) is 7.05 Å². The standard InChI is InChI=1S/C17H30N4O3S.HI/c1-4-21(5-2)25(23,24)12-11-19-17(18-3)20-13-16(14-22)15-9-7-6-8-10-15;/h6-10,16,22H,4-5,11-14H2,1-3H3,(H2,18,19,20);1H. The topological polar surface area (TPSA) is 94.0 Å². The third-order valence-electron chi connectivity index (χ3n) is 3.98. The van der Waals surface area contributed by atoms with Crippen LogP contribution < -0.4 is 10.6 Å². The monoisotopic (exact) mass is 498 g/mol. The fourth-order valence-electron chi connectivity index (χ4n) is 2.50. The number of benzene rings is 1. The smallest absolute Gasteiger partial charge is 0.215 e. The molecule has 0 spiro atoms. The van der Waals surface area contributed by atoms with E-state index in [-0.39, 0.29) is 48.8 Å². The third-order valence-corrected chi connectivity index (χ3v) is 6.01. The van der Waals surface area contributed by atoms with Crippen LogP contribution in [0.4, 0.5) is 0 Å². The molecular formula is C17H31IN4O3S. The Bertz CT molecular complexity index is 622. The number of aliphatic hydroxyl groups excluding tert-OH is 1. The Morgan fingerprint density at radius 3 is 2.31 bits per heavy atom. The highest BCUT2D eigenvalue weighted by Crippen LogP contribution is 2.13. The van der Waals surface area contributed by atoms with Gasteiger partial charge in [-0.1, -0.05) is 44.2 Å². The van der Waals surface area contributed by atoms with E-state index in [1.165, 1.54) is 4.31 Å². The average Bonchev–Trinajstić information content (AvgIpc) is 2.62. The van der Waals surface area contributed by atoms with Crippen LogP contribution in [-0.2, 0) is 10.0 Å². The molecule has 1 atom stereocenters. The first-order valence-corrected chi connectivity index (χ1v) is 10.2. The van der Waals surface area contributed by atoms with Gasteiger partial charge in [0.15, 0.2) is 5.96 Å². The van der Waals surface area contributed by atoms with E-state index in [0.717, 1.165) is 5.56 Å². The molecule has 1 rings (SSSR count). The first-order chi connectivity index (χ1) is 12.0. The van der Waals surface area contributed by atoms with Crippen molar-refractivity contribution >= 4 is 40.0 Å². The predicted molar refractivity (Wildman–Crippen MR) is 118 cm³/mol. The van der Waals surface area contributed by atoms with Gasteiger partial charge in [-0.05, 0) is 5.56 Å². The number of hydrogen-bond acceptors (Lipinski definition) is 4. The average molecular weight is 498 g/mol. The third kappa shape index (κ3) is 8.19. The summed E-state index contributed by atoms with van der Waals surface area (Å²) in [7, 11) is -1.63. The Hall–Kier alpha value is -0.910. The molecule has 3 N–H and O–H groups in total. The van der Waals surface area contributed by atoms with Crippen molar-refractivity contribution in [3.8, 4) is 0 Å². The van der Waals surface area contributed by atoms with Gasteiger partial charge in [-0.25, -0.2) is 12.7 Å². The number of nitrogens with one attached hydrogen (secondary N) is 2. The molecule has 1 aromatic carbocycles. The maximum absolute atomic E-state index is 12.2. The molecule has 0 saturated heterocycles. The van der Waals surface area contributed by atoms with Gasteiger partial charge < -0.3 is 15.7 Å². The van der Waals surface area contributed by atoms with Crippen LogP contribution >= 0.6 is 24.0 Å². The van der Waals surface area contributed by atoms with E-state index in [0.29, 0.717) is 25.6 Å². The Balaban J connectivity index is 0.00000625. The number of rotatable bonds is 10. The second kappa shape index (κ2) is 13.3. The van der Waals surface area contributed by atoms with Crippen molar-refractivity contribution in [2.75, 3.05) is 45.6 Å². The molecule has 1 aromatic rings. The van der Waals surface area contributed by atoms with Gasteiger partial charge in [0, 0.05) is 39.1 Å². The normalized spacial score (nSPS) is 13.2. The molecule has 7 nitrogen and oxygen atoms in total. The molecule has 0 aliphatic heterocycles. The van der Waals surface area contributed by atoms with Gasteiger partial charge in [0.25, 0.3) is 0 Å². The number of hydrogen-bond donors (Lipinski definition) is 3. The molecule has 0 bridgehead atoms. The predicted octanol–water partition coefficient (Wildman–Crippen LogP) is 1.22. The fraction of sp³-hybridized carbons (Fsp3) is 0.588. The lowest BCUT2D eigenvalue weighted by Gasteiger charge is -2.20. The second-order valence-corrected chi connectivity index (χ2v) is 7.66. The van der Waals surface area contributed by atoms with Crippen LogP contribution in [0, 0.1) is 0 Å². The molecule has 0 amide bonds. The molecule has 26 heavy (non-hydrogen) atoms. The molecule has 1 unspecified atom stereocenters. The summed E-state index contributed by atoms with van der Waals surface area (Å²) in [6, 6.07) is 9.74. The number of aliphatic hydroxyl groups is 1. The van der Waals surface area contributed by atoms with Crippen LogP contribution in [0.3, 0.4) is 0 Å². The van der Waals surface area contributed by atoms with Gasteiger partial charge >= 0.3 is 0 Å². The van der Waals surface area contributed by atoms with Crippen molar-refractivity contribution in [3.05, 3.63) is 35.9 Å². The number of guanidine groups is 1. The lowest BCUT2D eigenvalue weighted by atomic mass is 10.0. The van der Waals surface area contributed by atoms with Gasteiger partial charge in [0.2, 0.25) is 10.0 Å². The molecule has 0 heterocycles. The zero-order chi connectivity index (χ0) is 18.7. The van der Waals surface area contributed by atoms with Crippen LogP contribution in [0.25, 0.3) is 0 Å². The number of sulfonamides is 1. The molecule has 150 valence electrons. The summed E-state index contributed by atoms with van der Waals surface area (Å²) in [5.41, 5.74) is 1.04. The highest BCUT2D eigenvalue weighted by molar-refractivity contribution is 14.0. The van der Waals surface area contributed by atoms with E-state index >= 15 is 0 Å². The summed E-state index contributed by atoms with van der Waals surface area (Å²) < 4.78 is 25.8. The van der Waals surface area contributed by atoms with Crippen LogP contribution in [0.15, 0.2) is 35.3 Å². The van der Waals surface area contributed by atoms with Gasteiger partial charge in [-0.3, -0.25) is 4.99 Å². The molecule has 0 aliphatic rings. The first-order valence-electron chi connectivity index (χ1n) is 8.56. The molecular weight excluding hydrogens is 467 g/mol. The molecule has 0 saturated carbocycles. The maximum atomic E-state index is 12.2. The summed E-state index contributed by atoms with van der Waals surface area (Å²) in [5.74, 6) is 0.473. The largest absolute Gasteiger partial charge is 0.396 e. The van der Waals surface area contributed by atoms with Crippen molar-refractivity contribution in [1.29, 1.82) is 0 Å². The Morgan fingerprint density at radius 1 is 1.19 bits per heavy atom. The minimum absolute atomic E-state index is 0. The van der Waals surface area contributed by atoms with E-state index in [1.807, 2.05) is 44.2 Å². The van der Waals surface area contributed by atoms with Crippen LogP contribution in [0.5, 0.6) is 0 Å². The number of aliphatic imine (C=N–C) groups is 1. The Kier molecular flexibility index (Phi) is 12.8. The van der Waals surface area contributed by atoms with Gasteiger partial charge in [-0.2, -0.15) is 0 Å². The Morgan fingerprint density at radius 2 is 1.81 bits per heavy atom. The first kappa shape index (κ1) is 25.1. The fourth-order valence-corrected chi connectivity index (χ4v) is 3.90. The minimum atomic E-state index is -3.26. The van der Waals surface area contributed by atoms with Gasteiger partial charge in [0.1, 0.15) is 0 Å². The quantitative estimate of drug-likeness (QED) is 0.256. The number of nitrogens with zero attached hydrogens (tertiary/aromatic N) is 2. The van der Waals surface area contributed by atoms with E-state index < -0.39 is 10.0 Å². The molecule has 0 radical (unpaired) electrons. The zero-order valence-electron chi connectivity index (χ0n) is 15.7. The summed E-state index contributed by atoms with van der Waals surface area (Å²) in [6.07, 6.45) is 0. The van der Waals surface area contributed by atoms with Crippen molar-refractivity contribution < 1.29 is 13.5 Å². The lowest BCUT2D eigenvalue weighted by molar-refractivity contribution is 0.265. The number of halogens is 1. The van der Waals surface area contributed by atoms with E-state index in [9.17, 15) is 13.5 Å². The summed E-state index contributed by atoms with van der Waals surface area (Å²) >= 11 is 0. The van der Waals surface area contributed by atoms with Crippen molar-refractivity contribution in [2.24, 2.45) is 4.99 Å². The SMILES string of the molecule is CCN(CC)S(=O)(=O)CCNC(=NC)NCC(CO)c1ccccc1.I. The maximum Gasteiger partial charge on any atom is 0.215 e. The Labute approximate surface area is 174 Å². The van der Waals surface area contributed by atoms with Gasteiger partial charge in [-0.15, -0.1) is 24.0 Å². The summed E-state index contributed by atoms with van der Waals surface area (Å²) in [4.78, 5) is 4.10. The van der Waals surface area contributed by atoms with Crippen LogP contribution in [-0.4, -0.2) is 69.4 Å². The summed E-state index contributed by atoms with van der Waals surface area (Å²) in [6.45, 7) is 5.39. The van der Waals surface area contributed by atoms with Crippen molar-refractivity contribution in [2.45, 2.75) is 19.8 Å². The molecule has 9 heteroatoms. The molecule has 0 aromatic heterocycles. The van der Waals surface area contributed by atoms with Crippen molar-refractivity contribution in [1.82, 2.24) is 14.9 Å². The second-order valence-electron chi connectivity index (χ2n) is 5.57. The molecule has 0 aliphatic carbocycles. The summed E-state index contributed by atoms with van der Waals surface area (Å²) in [5, 5.41) is 15.7. The van der Waals surface area contributed by atoms with Crippen LogP contribution in [0.2, 0.25) is 0 Å². The lowest BCUT2D eigenvalue weighted by Crippen LogP contribution is -2.43. The van der Waals surface area contributed by atoms with E-state index in [2.05, 4.69) is 15.6 Å². The van der Waals surface area contributed by atoms with Crippen LogP contribution in [0.1, 0.15) is 25.3 Å². The minimum Gasteiger partial charge on any atom is -0.396 e. The molecule has 0 fully saturated rings. The van der Waals surface area contributed by atoms with Gasteiger partial charge in [0.05, 0.1) is 12.4 Å².